The Kier molecular flexibility index (Phi) is 3.74. The monoisotopic (exact) mass is 398 g/mol. The molecule has 0 radical (unpaired) electrons. The van der Waals surface area contributed by atoms with Gasteiger partial charge in [-0.15, -0.1) is 10.2 Å². The zero-order valence-corrected chi connectivity index (χ0v) is 14.5. The number of halogens is 5. The molecule has 2 fully saturated rings. The Bertz CT molecular complexity index is 1080. The Hall–Kier alpha value is -2.56. The Morgan fingerprint density at radius 2 is 1.89 bits per heavy atom. The first-order chi connectivity index (χ1) is 13.3. The summed E-state index contributed by atoms with van der Waals surface area (Å²) < 4.78 is 69.2. The molecule has 0 amide bonds. The van der Waals surface area contributed by atoms with E-state index in [-0.39, 0.29) is 11.2 Å². The number of anilines is 1. The highest BCUT2D eigenvalue weighted by Gasteiger charge is 2.38. The van der Waals surface area contributed by atoms with Crippen molar-refractivity contribution < 1.29 is 22.0 Å². The number of nitrogens with zero attached hydrogens (tertiary/aromatic N) is 6. The quantitative estimate of drug-likeness (QED) is 0.590. The highest BCUT2D eigenvalue weighted by Crippen LogP contribution is 2.36. The molecule has 1 aromatic carbocycles. The molecule has 0 bridgehead atoms. The fourth-order valence-electron chi connectivity index (χ4n) is 4.21. The molecule has 0 aliphatic carbocycles. The van der Waals surface area contributed by atoms with Gasteiger partial charge < -0.3 is 4.90 Å². The standard InChI is InChI=1S/C17H15F5N6/c18-12-10(17(20,21)22)6-11-14(13(12)19)24-15(16-25-23-8-28(11)16)27-5-4-26-3-1-2-9(26)7-27/h6,8-9H,1-5,7H2. The highest BCUT2D eigenvalue weighted by atomic mass is 19.4. The maximum absolute atomic E-state index is 14.6. The Morgan fingerprint density at radius 1 is 1.07 bits per heavy atom. The topological polar surface area (TPSA) is 49.6 Å². The van der Waals surface area contributed by atoms with Gasteiger partial charge >= 0.3 is 6.18 Å². The van der Waals surface area contributed by atoms with Crippen LogP contribution in [0.1, 0.15) is 18.4 Å². The van der Waals surface area contributed by atoms with E-state index in [0.717, 1.165) is 25.9 Å². The molecule has 3 aromatic rings. The molecule has 11 heteroatoms. The third kappa shape index (κ3) is 2.52. The summed E-state index contributed by atoms with van der Waals surface area (Å²) in [6.07, 6.45) is -1.71. The van der Waals surface area contributed by atoms with Crippen LogP contribution in [0.25, 0.3) is 16.7 Å². The van der Waals surface area contributed by atoms with Gasteiger partial charge in [0, 0.05) is 25.7 Å². The van der Waals surface area contributed by atoms with Gasteiger partial charge in [0.2, 0.25) is 5.65 Å². The number of hydrogen-bond acceptors (Lipinski definition) is 5. The summed E-state index contributed by atoms with van der Waals surface area (Å²) in [4.78, 5) is 8.49. The van der Waals surface area contributed by atoms with Crippen LogP contribution in [0.5, 0.6) is 0 Å². The smallest absolute Gasteiger partial charge is 0.351 e. The zero-order chi connectivity index (χ0) is 19.6. The van der Waals surface area contributed by atoms with Crippen LogP contribution in [0.4, 0.5) is 27.8 Å². The lowest BCUT2D eigenvalue weighted by Crippen LogP contribution is -2.50. The average molecular weight is 398 g/mol. The second-order valence-corrected chi connectivity index (χ2v) is 7.16. The van der Waals surface area contributed by atoms with E-state index in [4.69, 9.17) is 0 Å². The zero-order valence-electron chi connectivity index (χ0n) is 14.5. The van der Waals surface area contributed by atoms with Crippen LogP contribution in [-0.2, 0) is 6.18 Å². The number of aromatic nitrogens is 4. The summed E-state index contributed by atoms with van der Waals surface area (Å²) in [6.45, 7) is 3.09. The molecule has 2 aromatic heterocycles. The van der Waals surface area contributed by atoms with E-state index in [0.29, 0.717) is 31.0 Å². The van der Waals surface area contributed by atoms with E-state index in [1.807, 2.05) is 4.90 Å². The second-order valence-electron chi connectivity index (χ2n) is 7.16. The molecule has 2 saturated heterocycles. The Morgan fingerprint density at radius 3 is 2.68 bits per heavy atom. The summed E-state index contributed by atoms with van der Waals surface area (Å²) in [7, 11) is 0. The predicted octanol–water partition coefficient (Wildman–Crippen LogP) is 2.86. The van der Waals surface area contributed by atoms with Gasteiger partial charge in [0.25, 0.3) is 0 Å². The Balaban J connectivity index is 1.71. The lowest BCUT2D eigenvalue weighted by Gasteiger charge is -2.38. The molecular formula is C17H15F5N6. The maximum atomic E-state index is 14.6. The van der Waals surface area contributed by atoms with Gasteiger partial charge in [-0.25, -0.2) is 13.8 Å². The molecule has 148 valence electrons. The van der Waals surface area contributed by atoms with Crippen molar-refractivity contribution in [3.63, 3.8) is 0 Å². The molecule has 6 nitrogen and oxygen atoms in total. The van der Waals surface area contributed by atoms with Crippen molar-refractivity contribution in [2.24, 2.45) is 0 Å². The highest BCUT2D eigenvalue weighted by molar-refractivity contribution is 5.84. The molecule has 4 heterocycles. The van der Waals surface area contributed by atoms with Gasteiger partial charge in [0.1, 0.15) is 11.8 Å². The van der Waals surface area contributed by atoms with E-state index in [1.54, 1.807) is 0 Å². The molecule has 2 aliphatic rings. The van der Waals surface area contributed by atoms with Gasteiger partial charge in [-0.1, -0.05) is 0 Å². The first kappa shape index (κ1) is 17.5. The van der Waals surface area contributed by atoms with Crippen molar-refractivity contribution in [2.75, 3.05) is 31.1 Å². The van der Waals surface area contributed by atoms with E-state index in [1.165, 1.54) is 10.7 Å². The summed E-state index contributed by atoms with van der Waals surface area (Å²) in [5.41, 5.74) is -2.16. The molecule has 0 spiro atoms. The van der Waals surface area contributed by atoms with Gasteiger partial charge in [0.05, 0.1) is 11.1 Å². The van der Waals surface area contributed by atoms with Gasteiger partial charge in [-0.2, -0.15) is 13.2 Å². The summed E-state index contributed by atoms with van der Waals surface area (Å²) >= 11 is 0. The van der Waals surface area contributed by atoms with Crippen LogP contribution < -0.4 is 4.90 Å². The Labute approximate surface area is 155 Å². The first-order valence-electron chi connectivity index (χ1n) is 8.92. The normalized spacial score (nSPS) is 21.0. The van der Waals surface area contributed by atoms with E-state index in [9.17, 15) is 22.0 Å². The first-order valence-corrected chi connectivity index (χ1v) is 8.92. The van der Waals surface area contributed by atoms with Crippen molar-refractivity contribution in [1.82, 2.24) is 24.5 Å². The third-order valence-electron chi connectivity index (χ3n) is 5.58. The molecule has 28 heavy (non-hydrogen) atoms. The predicted molar refractivity (Wildman–Crippen MR) is 90.0 cm³/mol. The second kappa shape index (κ2) is 5.97. The van der Waals surface area contributed by atoms with Crippen molar-refractivity contribution in [3.8, 4) is 0 Å². The van der Waals surface area contributed by atoms with Crippen LogP contribution >= 0.6 is 0 Å². The van der Waals surface area contributed by atoms with Crippen molar-refractivity contribution in [3.05, 3.63) is 29.6 Å². The number of piperazine rings is 1. The van der Waals surface area contributed by atoms with Crippen LogP contribution in [-0.4, -0.2) is 56.7 Å². The SMILES string of the molecule is Fc1c(C(F)(F)F)cc2c(nc(N3CCN4CCCC4C3)c3nncn32)c1F. The lowest BCUT2D eigenvalue weighted by molar-refractivity contribution is -0.140. The van der Waals surface area contributed by atoms with E-state index < -0.39 is 28.9 Å². The molecule has 0 N–H and O–H groups in total. The molecular weight excluding hydrogens is 383 g/mol. The van der Waals surface area contributed by atoms with Crippen LogP contribution in [0.3, 0.4) is 0 Å². The fourth-order valence-corrected chi connectivity index (χ4v) is 4.21. The minimum absolute atomic E-state index is 0.220. The van der Waals surface area contributed by atoms with Crippen LogP contribution in [0, 0.1) is 11.6 Å². The number of benzene rings is 1. The molecule has 2 aliphatic heterocycles. The van der Waals surface area contributed by atoms with E-state index >= 15 is 0 Å². The van der Waals surface area contributed by atoms with Crippen LogP contribution in [0.15, 0.2) is 12.4 Å². The van der Waals surface area contributed by atoms with Crippen LogP contribution in [0.2, 0.25) is 0 Å². The fraction of sp³-hybridized carbons (Fsp3) is 0.471. The molecule has 5 rings (SSSR count). The minimum atomic E-state index is -5.03. The van der Waals surface area contributed by atoms with Crippen molar-refractivity contribution in [1.29, 1.82) is 0 Å². The maximum Gasteiger partial charge on any atom is 0.419 e. The van der Waals surface area contributed by atoms with Crippen molar-refractivity contribution in [2.45, 2.75) is 25.1 Å². The van der Waals surface area contributed by atoms with E-state index in [2.05, 4.69) is 20.1 Å². The number of fused-ring (bicyclic) bond motifs is 4. The third-order valence-corrected chi connectivity index (χ3v) is 5.58. The summed E-state index contributed by atoms with van der Waals surface area (Å²) in [5, 5.41) is 7.73. The average Bonchev–Trinajstić information content (AvgIpc) is 3.31. The van der Waals surface area contributed by atoms with Gasteiger partial charge in [-0.3, -0.25) is 9.30 Å². The van der Waals surface area contributed by atoms with Gasteiger partial charge in [-0.05, 0) is 25.5 Å². The largest absolute Gasteiger partial charge is 0.419 e. The molecule has 1 atom stereocenters. The number of hydrogen-bond donors (Lipinski definition) is 0. The van der Waals surface area contributed by atoms with Crippen molar-refractivity contribution >= 4 is 22.5 Å². The lowest BCUT2D eigenvalue weighted by atomic mass is 10.1. The summed E-state index contributed by atoms with van der Waals surface area (Å²) in [5.74, 6) is -3.28. The number of rotatable bonds is 1. The molecule has 1 unspecified atom stereocenters. The summed E-state index contributed by atoms with van der Waals surface area (Å²) in [6, 6.07) is 0.888. The van der Waals surface area contributed by atoms with Gasteiger partial charge in [0.15, 0.2) is 17.5 Å². The minimum Gasteiger partial charge on any atom is -0.351 e. The number of alkyl halides is 3. The molecule has 0 saturated carbocycles.